The highest BCUT2D eigenvalue weighted by atomic mass is 16.5. The molecule has 0 bridgehead atoms. The van der Waals surface area contributed by atoms with E-state index in [1.807, 2.05) is 13.8 Å². The average molecular weight is 212 g/mol. The van der Waals surface area contributed by atoms with Gasteiger partial charge in [-0.2, -0.15) is 5.10 Å². The molecular weight excluding hydrogens is 196 g/mol. The number of aryl methyl sites for hydroxylation is 1. The van der Waals surface area contributed by atoms with Crippen molar-refractivity contribution in [2.45, 2.75) is 20.5 Å². The molecule has 0 amide bonds. The fourth-order valence-electron chi connectivity index (χ4n) is 1.20. The third-order valence-electron chi connectivity index (χ3n) is 1.98. The minimum absolute atomic E-state index is 0.209. The van der Waals surface area contributed by atoms with Crippen LogP contribution in [-0.4, -0.2) is 27.5 Å². The van der Waals surface area contributed by atoms with Crippen LogP contribution in [0.25, 0.3) is 0 Å². The van der Waals surface area contributed by atoms with Crippen LogP contribution in [-0.2, 0) is 18.4 Å². The number of carboxylic acids is 1. The summed E-state index contributed by atoms with van der Waals surface area (Å²) in [6.45, 7) is 4.99. The van der Waals surface area contributed by atoms with Gasteiger partial charge < -0.3 is 9.84 Å². The van der Waals surface area contributed by atoms with E-state index < -0.39 is 5.97 Å². The highest BCUT2D eigenvalue weighted by molar-refractivity contribution is 5.88. The van der Waals surface area contributed by atoms with Gasteiger partial charge in [-0.05, 0) is 5.92 Å². The van der Waals surface area contributed by atoms with Crippen LogP contribution >= 0.6 is 0 Å². The molecule has 0 fully saturated rings. The van der Waals surface area contributed by atoms with Crippen LogP contribution in [0.4, 0.5) is 0 Å². The molecule has 0 radical (unpaired) electrons. The van der Waals surface area contributed by atoms with Crippen molar-refractivity contribution in [3.05, 3.63) is 17.5 Å². The molecule has 0 aliphatic rings. The molecule has 1 aromatic rings. The van der Waals surface area contributed by atoms with Gasteiger partial charge in [0.05, 0.1) is 18.5 Å². The number of carbonyl (C=O) groups is 1. The van der Waals surface area contributed by atoms with Gasteiger partial charge in [-0.25, -0.2) is 4.79 Å². The Kier molecular flexibility index (Phi) is 3.85. The summed E-state index contributed by atoms with van der Waals surface area (Å²) < 4.78 is 6.92. The van der Waals surface area contributed by atoms with Gasteiger partial charge in [0.1, 0.15) is 5.56 Å². The first-order chi connectivity index (χ1) is 7.02. The first kappa shape index (κ1) is 11.7. The lowest BCUT2D eigenvalue weighted by atomic mass is 10.2. The van der Waals surface area contributed by atoms with Crippen LogP contribution in [0.2, 0.25) is 0 Å². The Morgan fingerprint density at radius 2 is 2.33 bits per heavy atom. The molecule has 1 aromatic heterocycles. The minimum atomic E-state index is -0.966. The SMILES string of the molecule is CC(C)COCc1c(C(=O)O)cnn1C. The number of ether oxygens (including phenoxy) is 1. The average Bonchev–Trinajstić information content (AvgIpc) is 2.47. The second kappa shape index (κ2) is 4.93. The van der Waals surface area contributed by atoms with Crippen molar-refractivity contribution >= 4 is 5.97 Å². The van der Waals surface area contributed by atoms with E-state index in [1.165, 1.54) is 10.9 Å². The highest BCUT2D eigenvalue weighted by Crippen LogP contribution is 2.09. The predicted octanol–water partition coefficient (Wildman–Crippen LogP) is 1.29. The molecule has 0 aromatic carbocycles. The lowest BCUT2D eigenvalue weighted by Gasteiger charge is -2.07. The summed E-state index contributed by atoms with van der Waals surface area (Å²) in [5.74, 6) is -0.530. The highest BCUT2D eigenvalue weighted by Gasteiger charge is 2.14. The van der Waals surface area contributed by atoms with Crippen molar-refractivity contribution < 1.29 is 14.6 Å². The number of aromatic nitrogens is 2. The van der Waals surface area contributed by atoms with E-state index in [-0.39, 0.29) is 12.2 Å². The molecule has 0 unspecified atom stereocenters. The number of aromatic carboxylic acids is 1. The largest absolute Gasteiger partial charge is 0.478 e. The quantitative estimate of drug-likeness (QED) is 0.798. The molecule has 5 nitrogen and oxygen atoms in total. The van der Waals surface area contributed by atoms with Crippen molar-refractivity contribution in [2.75, 3.05) is 6.61 Å². The van der Waals surface area contributed by atoms with Crippen LogP contribution < -0.4 is 0 Å². The summed E-state index contributed by atoms with van der Waals surface area (Å²) in [5, 5.41) is 12.8. The predicted molar refractivity (Wildman–Crippen MR) is 54.7 cm³/mol. The summed E-state index contributed by atoms with van der Waals surface area (Å²) in [7, 11) is 1.71. The summed E-state index contributed by atoms with van der Waals surface area (Å²) in [6, 6.07) is 0. The minimum Gasteiger partial charge on any atom is -0.478 e. The monoisotopic (exact) mass is 212 g/mol. The molecule has 0 saturated carbocycles. The third kappa shape index (κ3) is 3.06. The van der Waals surface area contributed by atoms with Crippen molar-refractivity contribution in [2.24, 2.45) is 13.0 Å². The lowest BCUT2D eigenvalue weighted by molar-refractivity contribution is 0.0678. The molecule has 0 atom stereocenters. The van der Waals surface area contributed by atoms with E-state index >= 15 is 0 Å². The molecule has 0 aliphatic heterocycles. The topological polar surface area (TPSA) is 64.3 Å². The van der Waals surface area contributed by atoms with Gasteiger partial charge in [-0.1, -0.05) is 13.8 Å². The Labute approximate surface area is 88.7 Å². The maximum atomic E-state index is 10.8. The van der Waals surface area contributed by atoms with E-state index in [0.29, 0.717) is 18.2 Å². The zero-order valence-electron chi connectivity index (χ0n) is 9.23. The van der Waals surface area contributed by atoms with Gasteiger partial charge in [-0.3, -0.25) is 4.68 Å². The number of rotatable bonds is 5. The van der Waals surface area contributed by atoms with E-state index in [0.717, 1.165) is 0 Å². The number of hydrogen-bond donors (Lipinski definition) is 1. The summed E-state index contributed by atoms with van der Waals surface area (Å²) >= 11 is 0. The second-order valence-electron chi connectivity index (χ2n) is 3.84. The van der Waals surface area contributed by atoms with Gasteiger partial charge in [0.25, 0.3) is 0 Å². The lowest BCUT2D eigenvalue weighted by Crippen LogP contribution is -2.09. The van der Waals surface area contributed by atoms with Gasteiger partial charge in [0, 0.05) is 13.7 Å². The zero-order chi connectivity index (χ0) is 11.4. The van der Waals surface area contributed by atoms with Crippen molar-refractivity contribution in [1.82, 2.24) is 9.78 Å². The maximum Gasteiger partial charge on any atom is 0.339 e. The van der Waals surface area contributed by atoms with E-state index in [9.17, 15) is 4.79 Å². The van der Waals surface area contributed by atoms with Crippen molar-refractivity contribution in [3.8, 4) is 0 Å². The fourth-order valence-corrected chi connectivity index (χ4v) is 1.20. The van der Waals surface area contributed by atoms with Crippen molar-refractivity contribution in [3.63, 3.8) is 0 Å². The number of carboxylic acid groups (broad SMARTS) is 1. The standard InChI is InChI=1S/C10H16N2O3/c1-7(2)5-15-6-9-8(10(13)14)4-11-12(9)3/h4,7H,5-6H2,1-3H3,(H,13,14). The van der Waals surface area contributed by atoms with E-state index in [4.69, 9.17) is 9.84 Å². The smallest absolute Gasteiger partial charge is 0.339 e. The molecule has 1 rings (SSSR count). The van der Waals surface area contributed by atoms with Gasteiger partial charge in [0.15, 0.2) is 0 Å². The Morgan fingerprint density at radius 1 is 1.67 bits per heavy atom. The van der Waals surface area contributed by atoms with E-state index in [2.05, 4.69) is 5.10 Å². The Hall–Kier alpha value is -1.36. The Bertz CT molecular complexity index is 344. The maximum absolute atomic E-state index is 10.8. The van der Waals surface area contributed by atoms with Crippen molar-refractivity contribution in [1.29, 1.82) is 0 Å². The fraction of sp³-hybridized carbons (Fsp3) is 0.600. The second-order valence-corrected chi connectivity index (χ2v) is 3.84. The third-order valence-corrected chi connectivity index (χ3v) is 1.98. The summed E-state index contributed by atoms with van der Waals surface area (Å²) in [6.07, 6.45) is 1.34. The van der Waals surface area contributed by atoms with Crippen LogP contribution in [0.3, 0.4) is 0 Å². The molecule has 84 valence electrons. The number of nitrogens with zero attached hydrogens (tertiary/aromatic N) is 2. The normalized spacial score (nSPS) is 10.9. The molecule has 0 saturated heterocycles. The molecule has 5 heteroatoms. The number of hydrogen-bond acceptors (Lipinski definition) is 3. The van der Waals surface area contributed by atoms with Crippen LogP contribution in [0.15, 0.2) is 6.20 Å². The molecule has 1 heterocycles. The zero-order valence-corrected chi connectivity index (χ0v) is 9.23. The molecule has 1 N–H and O–H groups in total. The summed E-state index contributed by atoms with van der Waals surface area (Å²) in [4.78, 5) is 10.8. The van der Waals surface area contributed by atoms with Gasteiger partial charge in [-0.15, -0.1) is 0 Å². The van der Waals surface area contributed by atoms with Crippen LogP contribution in [0, 0.1) is 5.92 Å². The Morgan fingerprint density at radius 3 is 2.87 bits per heavy atom. The molecule has 15 heavy (non-hydrogen) atoms. The van der Waals surface area contributed by atoms with E-state index in [1.54, 1.807) is 7.05 Å². The van der Waals surface area contributed by atoms with Crippen LogP contribution in [0.1, 0.15) is 29.9 Å². The van der Waals surface area contributed by atoms with Crippen LogP contribution in [0.5, 0.6) is 0 Å². The summed E-state index contributed by atoms with van der Waals surface area (Å²) in [5.41, 5.74) is 0.810. The first-order valence-electron chi connectivity index (χ1n) is 4.84. The first-order valence-corrected chi connectivity index (χ1v) is 4.84. The molecule has 0 spiro atoms. The molecular formula is C10H16N2O3. The van der Waals surface area contributed by atoms with Gasteiger partial charge >= 0.3 is 5.97 Å². The Balaban J connectivity index is 2.66. The molecule has 0 aliphatic carbocycles. The van der Waals surface area contributed by atoms with Gasteiger partial charge in [0.2, 0.25) is 0 Å².